The summed E-state index contributed by atoms with van der Waals surface area (Å²) in [6, 6.07) is 8.64. The van der Waals surface area contributed by atoms with E-state index < -0.39 is 15.8 Å². The van der Waals surface area contributed by atoms with Gasteiger partial charge in [0.2, 0.25) is 10.0 Å². The fourth-order valence-electron chi connectivity index (χ4n) is 2.34. The maximum Gasteiger partial charge on any atom is 0.240 e. The molecule has 0 amide bonds. The van der Waals surface area contributed by atoms with E-state index in [2.05, 4.69) is 9.71 Å². The lowest BCUT2D eigenvalue weighted by Gasteiger charge is -2.05. The van der Waals surface area contributed by atoms with Gasteiger partial charge in [0, 0.05) is 25.4 Å². The van der Waals surface area contributed by atoms with Crippen LogP contribution in [0.2, 0.25) is 0 Å². The van der Waals surface area contributed by atoms with Gasteiger partial charge in [0.25, 0.3) is 0 Å². The van der Waals surface area contributed by atoms with Gasteiger partial charge in [0.1, 0.15) is 11.5 Å². The van der Waals surface area contributed by atoms with Crippen LogP contribution in [-0.2, 0) is 16.4 Å². The monoisotopic (exact) mass is 333 g/mol. The van der Waals surface area contributed by atoms with E-state index in [0.29, 0.717) is 6.42 Å². The Morgan fingerprint density at radius 1 is 1.22 bits per heavy atom. The first-order valence-electron chi connectivity index (χ1n) is 7.14. The molecule has 0 aliphatic rings. The second-order valence-electron chi connectivity index (χ2n) is 5.26. The number of aromatic nitrogens is 2. The zero-order chi connectivity index (χ0) is 16.4. The Balaban J connectivity index is 1.68. The van der Waals surface area contributed by atoms with E-state index in [0.717, 1.165) is 29.0 Å². The Kier molecular flexibility index (Phi) is 4.14. The molecule has 3 aromatic rings. The lowest BCUT2D eigenvalue weighted by Crippen LogP contribution is -2.26. The largest absolute Gasteiger partial charge is 0.307 e. The van der Waals surface area contributed by atoms with E-state index in [4.69, 9.17) is 0 Å². The van der Waals surface area contributed by atoms with Crippen LogP contribution < -0.4 is 4.72 Å². The van der Waals surface area contributed by atoms with Gasteiger partial charge in [-0.25, -0.2) is 22.5 Å². The van der Waals surface area contributed by atoms with Crippen molar-refractivity contribution in [3.05, 3.63) is 65.9 Å². The average molecular weight is 333 g/mol. The summed E-state index contributed by atoms with van der Waals surface area (Å²) in [6.45, 7) is 2.20. The summed E-state index contributed by atoms with van der Waals surface area (Å²) in [5.74, 6) is -0.468. The third-order valence-electron chi connectivity index (χ3n) is 3.52. The smallest absolute Gasteiger partial charge is 0.240 e. The number of sulfonamides is 1. The van der Waals surface area contributed by atoms with Crippen LogP contribution in [0, 0.1) is 12.7 Å². The van der Waals surface area contributed by atoms with Gasteiger partial charge in [-0.1, -0.05) is 6.07 Å². The van der Waals surface area contributed by atoms with Crippen molar-refractivity contribution in [2.45, 2.75) is 18.2 Å². The van der Waals surface area contributed by atoms with Gasteiger partial charge >= 0.3 is 0 Å². The summed E-state index contributed by atoms with van der Waals surface area (Å²) in [6.07, 6.45) is 4.26. The van der Waals surface area contributed by atoms with Gasteiger partial charge in [-0.2, -0.15) is 0 Å². The molecule has 0 spiro atoms. The molecule has 3 rings (SSSR count). The standard InChI is InChI=1S/C16H16FN3O2S/c1-12-3-2-10-20-11-14(19-16(12)20)8-9-18-23(21,22)15-6-4-13(17)5-7-15/h2-7,10-11,18H,8-9H2,1H3. The second kappa shape index (κ2) is 6.10. The minimum absolute atomic E-state index is 0.0461. The van der Waals surface area contributed by atoms with Crippen LogP contribution in [0.3, 0.4) is 0 Å². The first kappa shape index (κ1) is 15.6. The molecule has 0 aliphatic carbocycles. The fraction of sp³-hybridized carbons (Fsp3) is 0.188. The molecule has 120 valence electrons. The highest BCUT2D eigenvalue weighted by Crippen LogP contribution is 2.11. The van der Waals surface area contributed by atoms with E-state index in [1.807, 2.05) is 35.9 Å². The Morgan fingerprint density at radius 3 is 2.65 bits per heavy atom. The number of rotatable bonds is 5. The number of nitrogens with one attached hydrogen (secondary N) is 1. The summed E-state index contributed by atoms with van der Waals surface area (Å²) in [5, 5.41) is 0. The van der Waals surface area contributed by atoms with Crippen molar-refractivity contribution in [2.75, 3.05) is 6.54 Å². The van der Waals surface area contributed by atoms with E-state index in [1.54, 1.807) is 0 Å². The van der Waals surface area contributed by atoms with Crippen LogP contribution >= 0.6 is 0 Å². The number of imidazole rings is 1. The Hall–Kier alpha value is -2.25. The molecule has 1 N–H and O–H groups in total. The highest BCUT2D eigenvalue weighted by Gasteiger charge is 2.13. The topological polar surface area (TPSA) is 63.5 Å². The molecule has 0 radical (unpaired) electrons. The van der Waals surface area contributed by atoms with Gasteiger partial charge in [0.05, 0.1) is 10.6 Å². The molecular weight excluding hydrogens is 317 g/mol. The first-order valence-corrected chi connectivity index (χ1v) is 8.62. The molecule has 0 saturated carbocycles. The van der Waals surface area contributed by atoms with Crippen LogP contribution in [0.4, 0.5) is 4.39 Å². The van der Waals surface area contributed by atoms with Gasteiger partial charge < -0.3 is 4.40 Å². The van der Waals surface area contributed by atoms with Crippen LogP contribution in [0.15, 0.2) is 53.7 Å². The average Bonchev–Trinajstić information content (AvgIpc) is 2.92. The third kappa shape index (κ3) is 3.40. The number of fused-ring (bicyclic) bond motifs is 1. The third-order valence-corrected chi connectivity index (χ3v) is 5.00. The van der Waals surface area contributed by atoms with Crippen molar-refractivity contribution in [2.24, 2.45) is 0 Å². The van der Waals surface area contributed by atoms with Crippen LogP contribution in [0.5, 0.6) is 0 Å². The number of hydrogen-bond donors (Lipinski definition) is 1. The molecule has 0 unspecified atom stereocenters. The number of halogens is 1. The molecule has 7 heteroatoms. The quantitative estimate of drug-likeness (QED) is 0.779. The number of aryl methyl sites for hydroxylation is 1. The van der Waals surface area contributed by atoms with Crippen molar-refractivity contribution in [3.63, 3.8) is 0 Å². The van der Waals surface area contributed by atoms with Crippen LogP contribution in [-0.4, -0.2) is 24.3 Å². The molecule has 0 saturated heterocycles. The summed E-state index contributed by atoms with van der Waals surface area (Å²) in [5.41, 5.74) is 2.73. The van der Waals surface area contributed by atoms with Gasteiger partial charge in [-0.3, -0.25) is 0 Å². The maximum atomic E-state index is 12.9. The van der Waals surface area contributed by atoms with E-state index in [9.17, 15) is 12.8 Å². The van der Waals surface area contributed by atoms with Gasteiger partial charge in [-0.05, 0) is 42.8 Å². The second-order valence-corrected chi connectivity index (χ2v) is 7.02. The van der Waals surface area contributed by atoms with Crippen molar-refractivity contribution in [1.29, 1.82) is 0 Å². The van der Waals surface area contributed by atoms with Crippen LogP contribution in [0.1, 0.15) is 11.3 Å². The van der Waals surface area contributed by atoms with E-state index in [-0.39, 0.29) is 11.4 Å². The SMILES string of the molecule is Cc1cccn2cc(CCNS(=O)(=O)c3ccc(F)cc3)nc12. The van der Waals surface area contributed by atoms with Gasteiger partial charge in [-0.15, -0.1) is 0 Å². The summed E-state index contributed by atoms with van der Waals surface area (Å²) in [7, 11) is -3.64. The summed E-state index contributed by atoms with van der Waals surface area (Å²) >= 11 is 0. The highest BCUT2D eigenvalue weighted by atomic mass is 32.2. The molecular formula is C16H16FN3O2S. The lowest BCUT2D eigenvalue weighted by atomic mass is 10.3. The lowest BCUT2D eigenvalue weighted by molar-refractivity contribution is 0.580. The molecule has 2 heterocycles. The number of pyridine rings is 1. The maximum absolute atomic E-state index is 12.9. The van der Waals surface area contributed by atoms with Crippen molar-refractivity contribution in [1.82, 2.24) is 14.1 Å². The molecule has 0 bridgehead atoms. The number of benzene rings is 1. The van der Waals surface area contributed by atoms with Crippen molar-refractivity contribution >= 4 is 15.7 Å². The molecule has 1 aromatic carbocycles. The molecule has 5 nitrogen and oxygen atoms in total. The normalized spacial score (nSPS) is 11.9. The minimum atomic E-state index is -3.64. The van der Waals surface area contributed by atoms with Gasteiger partial charge in [0.15, 0.2) is 0 Å². The zero-order valence-corrected chi connectivity index (χ0v) is 13.3. The Bertz CT molecular complexity index is 934. The van der Waals surface area contributed by atoms with Crippen molar-refractivity contribution < 1.29 is 12.8 Å². The number of nitrogens with zero attached hydrogens (tertiary/aromatic N) is 2. The first-order chi connectivity index (χ1) is 11.0. The Morgan fingerprint density at radius 2 is 1.96 bits per heavy atom. The molecule has 0 fully saturated rings. The molecule has 0 aliphatic heterocycles. The van der Waals surface area contributed by atoms with Crippen LogP contribution in [0.25, 0.3) is 5.65 Å². The fourth-order valence-corrected chi connectivity index (χ4v) is 3.37. The van der Waals surface area contributed by atoms with E-state index in [1.165, 1.54) is 12.1 Å². The highest BCUT2D eigenvalue weighted by molar-refractivity contribution is 7.89. The predicted molar refractivity (Wildman–Crippen MR) is 85.2 cm³/mol. The molecule has 0 atom stereocenters. The molecule has 2 aromatic heterocycles. The van der Waals surface area contributed by atoms with E-state index >= 15 is 0 Å². The predicted octanol–water partition coefficient (Wildman–Crippen LogP) is 2.30. The minimum Gasteiger partial charge on any atom is -0.307 e. The molecule has 23 heavy (non-hydrogen) atoms. The van der Waals surface area contributed by atoms with Crippen molar-refractivity contribution in [3.8, 4) is 0 Å². The summed E-state index contributed by atoms with van der Waals surface area (Å²) in [4.78, 5) is 4.54. The summed E-state index contributed by atoms with van der Waals surface area (Å²) < 4.78 is 41.5. The Labute approximate surface area is 133 Å². The zero-order valence-electron chi connectivity index (χ0n) is 12.5. The number of hydrogen-bond acceptors (Lipinski definition) is 3.